The molecule has 2 aromatic rings. The number of aromatic hydroxyl groups is 1. The highest BCUT2D eigenvalue weighted by molar-refractivity contribution is 14.1. The molecule has 3 nitrogen and oxygen atoms in total. The molecule has 0 aliphatic heterocycles. The number of nitrogens with one attached hydrogen (secondary N) is 1. The molecule has 0 saturated heterocycles. The molecule has 0 unspecified atom stereocenters. The largest absolute Gasteiger partial charge is 0.507 e. The van der Waals surface area contributed by atoms with Crippen molar-refractivity contribution in [2.75, 3.05) is 0 Å². The van der Waals surface area contributed by atoms with Crippen molar-refractivity contribution in [1.29, 1.82) is 0 Å². The van der Waals surface area contributed by atoms with E-state index in [2.05, 4.69) is 27.9 Å². The lowest BCUT2D eigenvalue weighted by Gasteiger charge is -2.07. The number of hydrogen-bond donors (Lipinski definition) is 2. The van der Waals surface area contributed by atoms with Crippen LogP contribution >= 0.6 is 22.6 Å². The Morgan fingerprint density at radius 1 is 1.21 bits per heavy atom. The second-order valence-corrected chi connectivity index (χ2v) is 5.58. The summed E-state index contributed by atoms with van der Waals surface area (Å²) < 4.78 is 0.913. The van der Waals surface area contributed by atoms with Crippen LogP contribution in [0.4, 0.5) is 0 Å². The molecule has 98 valence electrons. The van der Waals surface area contributed by atoms with Crippen LogP contribution in [0.1, 0.15) is 21.5 Å². The highest BCUT2D eigenvalue weighted by Crippen LogP contribution is 2.19. The van der Waals surface area contributed by atoms with Crippen molar-refractivity contribution in [3.05, 3.63) is 62.7 Å². The number of carbonyl (C=O) groups is 1. The van der Waals surface area contributed by atoms with Crippen LogP contribution in [0, 0.1) is 10.5 Å². The molecule has 1 amide bonds. The molecule has 19 heavy (non-hydrogen) atoms. The van der Waals surface area contributed by atoms with E-state index in [1.54, 1.807) is 12.1 Å². The predicted octanol–water partition coefficient (Wildman–Crippen LogP) is 3.24. The van der Waals surface area contributed by atoms with Crippen LogP contribution in [0.15, 0.2) is 42.5 Å². The van der Waals surface area contributed by atoms with Gasteiger partial charge in [-0.15, -0.1) is 0 Å². The van der Waals surface area contributed by atoms with E-state index in [0.29, 0.717) is 12.1 Å². The van der Waals surface area contributed by atoms with Crippen molar-refractivity contribution in [3.8, 4) is 5.75 Å². The van der Waals surface area contributed by atoms with Crippen LogP contribution in [-0.4, -0.2) is 11.0 Å². The zero-order valence-corrected chi connectivity index (χ0v) is 12.6. The van der Waals surface area contributed by atoms with Gasteiger partial charge in [-0.05, 0) is 53.3 Å². The number of carbonyl (C=O) groups excluding carboxylic acids is 1. The van der Waals surface area contributed by atoms with Gasteiger partial charge in [0.1, 0.15) is 5.75 Å². The van der Waals surface area contributed by atoms with E-state index in [-0.39, 0.29) is 11.7 Å². The maximum atomic E-state index is 12.0. The minimum atomic E-state index is -0.267. The second kappa shape index (κ2) is 6.06. The minimum absolute atomic E-state index is 0.00169. The fourth-order valence-corrected chi connectivity index (χ4v) is 2.16. The van der Waals surface area contributed by atoms with Gasteiger partial charge in [-0.25, -0.2) is 0 Å². The summed E-state index contributed by atoms with van der Waals surface area (Å²) in [5.41, 5.74) is 2.52. The first-order valence-electron chi connectivity index (χ1n) is 5.88. The summed E-state index contributed by atoms with van der Waals surface area (Å²) in [6.45, 7) is 2.47. The van der Waals surface area contributed by atoms with Gasteiger partial charge in [0.2, 0.25) is 0 Å². The van der Waals surface area contributed by atoms with Gasteiger partial charge in [-0.3, -0.25) is 4.79 Å². The average Bonchev–Trinajstić information content (AvgIpc) is 2.40. The van der Waals surface area contributed by atoms with E-state index >= 15 is 0 Å². The number of benzene rings is 2. The molecule has 0 atom stereocenters. The molecule has 0 saturated carbocycles. The number of halogens is 1. The Labute approximate surface area is 125 Å². The van der Waals surface area contributed by atoms with Crippen LogP contribution in [0.3, 0.4) is 0 Å². The maximum Gasteiger partial charge on any atom is 0.255 e. The number of aryl methyl sites for hydroxylation is 1. The lowest BCUT2D eigenvalue weighted by molar-refractivity contribution is 0.0948. The molecule has 0 fully saturated rings. The molecular weight excluding hydrogens is 353 g/mol. The van der Waals surface area contributed by atoms with E-state index < -0.39 is 0 Å². The molecule has 2 rings (SSSR count). The van der Waals surface area contributed by atoms with Crippen molar-refractivity contribution in [3.63, 3.8) is 0 Å². The van der Waals surface area contributed by atoms with Crippen LogP contribution in [-0.2, 0) is 6.54 Å². The smallest absolute Gasteiger partial charge is 0.255 e. The topological polar surface area (TPSA) is 49.3 Å². The Hall–Kier alpha value is -1.56. The first kappa shape index (κ1) is 13.9. The third-order valence-corrected chi connectivity index (χ3v) is 3.45. The van der Waals surface area contributed by atoms with Gasteiger partial charge in [0.25, 0.3) is 5.91 Å². The molecule has 0 heterocycles. The highest BCUT2D eigenvalue weighted by atomic mass is 127. The second-order valence-electron chi connectivity index (χ2n) is 4.33. The molecular formula is C15H14INO2. The van der Waals surface area contributed by atoms with Gasteiger partial charge in [-0.2, -0.15) is 0 Å². The molecule has 0 radical (unpaired) electrons. The molecule has 0 aliphatic rings. The first-order chi connectivity index (χ1) is 9.06. The number of amides is 1. The van der Waals surface area contributed by atoms with E-state index in [0.717, 1.165) is 9.13 Å². The van der Waals surface area contributed by atoms with Crippen molar-refractivity contribution in [2.45, 2.75) is 13.5 Å². The van der Waals surface area contributed by atoms with Crippen LogP contribution in [0.5, 0.6) is 5.75 Å². The summed E-state index contributed by atoms with van der Waals surface area (Å²) in [5.74, 6) is -0.265. The van der Waals surface area contributed by atoms with E-state index in [1.807, 2.05) is 31.2 Å². The SMILES string of the molecule is Cc1ccc(CNC(=O)c2cc(I)ccc2O)cc1. The first-order valence-corrected chi connectivity index (χ1v) is 6.96. The molecule has 0 aliphatic carbocycles. The Kier molecular flexibility index (Phi) is 4.42. The number of rotatable bonds is 3. The van der Waals surface area contributed by atoms with Crippen LogP contribution in [0.25, 0.3) is 0 Å². The lowest BCUT2D eigenvalue weighted by Crippen LogP contribution is -2.22. The van der Waals surface area contributed by atoms with Gasteiger partial charge in [0.15, 0.2) is 0 Å². The Balaban J connectivity index is 2.05. The van der Waals surface area contributed by atoms with Crippen molar-refractivity contribution in [2.24, 2.45) is 0 Å². The number of hydrogen-bond acceptors (Lipinski definition) is 2. The summed E-state index contributed by atoms with van der Waals surface area (Å²) in [7, 11) is 0. The van der Waals surface area contributed by atoms with Gasteiger partial charge in [0, 0.05) is 10.1 Å². The average molecular weight is 367 g/mol. The summed E-state index contributed by atoms with van der Waals surface area (Å²) in [6.07, 6.45) is 0. The third kappa shape index (κ3) is 3.70. The maximum absolute atomic E-state index is 12.0. The molecule has 0 aromatic heterocycles. The molecule has 2 N–H and O–H groups in total. The molecule has 4 heteroatoms. The standard InChI is InChI=1S/C15H14INO2/c1-10-2-4-11(5-3-10)9-17-15(19)13-8-12(16)6-7-14(13)18/h2-8,18H,9H2,1H3,(H,17,19). The summed E-state index contributed by atoms with van der Waals surface area (Å²) >= 11 is 2.11. The van der Waals surface area contributed by atoms with E-state index in [1.165, 1.54) is 11.6 Å². The van der Waals surface area contributed by atoms with Crippen molar-refractivity contribution >= 4 is 28.5 Å². The fourth-order valence-electron chi connectivity index (χ4n) is 1.67. The van der Waals surface area contributed by atoms with Gasteiger partial charge in [-0.1, -0.05) is 29.8 Å². The van der Waals surface area contributed by atoms with Crippen molar-refractivity contribution in [1.82, 2.24) is 5.32 Å². The van der Waals surface area contributed by atoms with Crippen molar-refractivity contribution < 1.29 is 9.90 Å². The minimum Gasteiger partial charge on any atom is -0.507 e. The van der Waals surface area contributed by atoms with Gasteiger partial charge < -0.3 is 10.4 Å². The third-order valence-electron chi connectivity index (χ3n) is 2.78. The van der Waals surface area contributed by atoms with Gasteiger partial charge in [0.05, 0.1) is 5.56 Å². The predicted molar refractivity (Wildman–Crippen MR) is 83.2 cm³/mol. The Morgan fingerprint density at radius 2 is 1.89 bits per heavy atom. The lowest BCUT2D eigenvalue weighted by atomic mass is 10.1. The van der Waals surface area contributed by atoms with E-state index in [9.17, 15) is 9.90 Å². The molecule has 0 bridgehead atoms. The van der Waals surface area contributed by atoms with Gasteiger partial charge >= 0.3 is 0 Å². The number of phenolic OH excluding ortho intramolecular Hbond substituents is 1. The normalized spacial score (nSPS) is 10.2. The molecule has 2 aromatic carbocycles. The van der Waals surface area contributed by atoms with Crippen LogP contribution < -0.4 is 5.32 Å². The zero-order valence-electron chi connectivity index (χ0n) is 10.5. The monoisotopic (exact) mass is 367 g/mol. The highest BCUT2D eigenvalue weighted by Gasteiger charge is 2.11. The zero-order chi connectivity index (χ0) is 13.8. The fraction of sp³-hybridized carbons (Fsp3) is 0.133. The Morgan fingerprint density at radius 3 is 2.58 bits per heavy atom. The summed E-state index contributed by atoms with van der Waals surface area (Å²) in [5, 5.41) is 12.5. The van der Waals surface area contributed by atoms with E-state index in [4.69, 9.17) is 0 Å². The summed E-state index contributed by atoms with van der Waals surface area (Å²) in [4.78, 5) is 12.0. The quantitative estimate of drug-likeness (QED) is 0.819. The number of phenols is 1. The Bertz CT molecular complexity index is 594. The van der Waals surface area contributed by atoms with Crippen LogP contribution in [0.2, 0.25) is 0 Å². The molecule has 0 spiro atoms. The summed E-state index contributed by atoms with van der Waals surface area (Å²) in [6, 6.07) is 12.9.